The summed E-state index contributed by atoms with van der Waals surface area (Å²) >= 11 is 2.17. The van der Waals surface area contributed by atoms with E-state index in [1.54, 1.807) is 7.11 Å². The van der Waals surface area contributed by atoms with Gasteiger partial charge in [-0.2, -0.15) is 0 Å². The summed E-state index contributed by atoms with van der Waals surface area (Å²) in [4.78, 5) is 0. The molecule has 0 aromatic heterocycles. The van der Waals surface area contributed by atoms with Crippen LogP contribution in [0.2, 0.25) is 0 Å². The fourth-order valence-electron chi connectivity index (χ4n) is 0.111. The number of ether oxygens (including phenoxy) is 1. The molecule has 0 spiro atoms. The molecule has 0 aliphatic rings. The van der Waals surface area contributed by atoms with E-state index in [-0.39, 0.29) is 5.60 Å². The molecule has 8 heavy (non-hydrogen) atoms. The summed E-state index contributed by atoms with van der Waals surface area (Å²) in [5.74, 6) is 0. The quantitative estimate of drug-likeness (QED) is 0.656. The maximum Gasteiger partial charge on any atom is 0.0921 e. The molecule has 0 aliphatic carbocycles. The zero-order chi connectivity index (χ0) is 6.78. The minimum Gasteiger partial charge on any atom is -0.374 e. The largest absolute Gasteiger partial charge is 0.374 e. The van der Waals surface area contributed by atoms with Gasteiger partial charge in [-0.15, -0.1) is 0 Å². The third-order valence-corrected chi connectivity index (χ3v) is 2.46. The molecule has 2 heteroatoms. The van der Waals surface area contributed by atoms with E-state index in [1.165, 1.54) is 0 Å². The zero-order valence-electron chi connectivity index (χ0n) is 5.49. The summed E-state index contributed by atoms with van der Waals surface area (Å²) in [6.45, 7) is 7.74. The molecule has 0 saturated heterocycles. The Morgan fingerprint density at radius 3 is 2.00 bits per heavy atom. The van der Waals surface area contributed by atoms with Crippen molar-refractivity contribution in [1.82, 2.24) is 0 Å². The molecule has 0 N–H and O–H groups in total. The second-order valence-corrected chi connectivity index (χ2v) is 3.42. The van der Waals surface area contributed by atoms with Crippen molar-refractivity contribution >= 4 is 22.6 Å². The predicted octanol–water partition coefficient (Wildman–Crippen LogP) is 2.36. The summed E-state index contributed by atoms with van der Waals surface area (Å²) in [7, 11) is 1.68. The fraction of sp³-hybridized carbons (Fsp3) is 0.667. The van der Waals surface area contributed by atoms with Crippen molar-refractivity contribution in [2.24, 2.45) is 0 Å². The lowest BCUT2D eigenvalue weighted by Crippen LogP contribution is -2.21. The van der Waals surface area contributed by atoms with Gasteiger partial charge in [0, 0.05) is 10.7 Å². The van der Waals surface area contributed by atoms with Crippen molar-refractivity contribution < 1.29 is 4.74 Å². The number of methoxy groups -OCH3 is 1. The van der Waals surface area contributed by atoms with Crippen molar-refractivity contribution in [1.29, 1.82) is 0 Å². The van der Waals surface area contributed by atoms with E-state index in [9.17, 15) is 0 Å². The van der Waals surface area contributed by atoms with Crippen LogP contribution < -0.4 is 0 Å². The van der Waals surface area contributed by atoms with Gasteiger partial charge in [-0.3, -0.25) is 0 Å². The number of hydrogen-bond donors (Lipinski definition) is 0. The highest BCUT2D eigenvalue weighted by molar-refractivity contribution is 14.1. The van der Waals surface area contributed by atoms with Gasteiger partial charge >= 0.3 is 0 Å². The first kappa shape index (κ1) is 8.43. The first-order valence-electron chi connectivity index (χ1n) is 2.40. The lowest BCUT2D eigenvalue weighted by Gasteiger charge is -2.20. The molecule has 48 valence electrons. The minimum atomic E-state index is -0.166. The van der Waals surface area contributed by atoms with Gasteiger partial charge < -0.3 is 4.74 Å². The maximum atomic E-state index is 5.09. The van der Waals surface area contributed by atoms with Gasteiger partial charge in [0.2, 0.25) is 0 Å². The van der Waals surface area contributed by atoms with Crippen molar-refractivity contribution in [3.05, 3.63) is 10.2 Å². The molecule has 0 atom stereocenters. The third-order valence-electron chi connectivity index (χ3n) is 1.16. The SMILES string of the molecule is C=C(I)C(C)(C)OC. The van der Waals surface area contributed by atoms with Crippen molar-refractivity contribution in [3.8, 4) is 0 Å². The first-order valence-corrected chi connectivity index (χ1v) is 3.48. The van der Waals surface area contributed by atoms with E-state index >= 15 is 0 Å². The van der Waals surface area contributed by atoms with Crippen LogP contribution in [-0.2, 0) is 4.74 Å². The zero-order valence-corrected chi connectivity index (χ0v) is 7.65. The van der Waals surface area contributed by atoms with Gasteiger partial charge in [0.15, 0.2) is 0 Å². The van der Waals surface area contributed by atoms with Crippen LogP contribution in [0.5, 0.6) is 0 Å². The summed E-state index contributed by atoms with van der Waals surface area (Å²) in [6.07, 6.45) is 0. The lowest BCUT2D eigenvalue weighted by molar-refractivity contribution is 0.0643. The molecule has 0 saturated carbocycles. The molecule has 0 unspecified atom stereocenters. The fourth-order valence-corrected chi connectivity index (χ4v) is 0.331. The summed E-state index contributed by atoms with van der Waals surface area (Å²) in [6, 6.07) is 0. The molecule has 1 nitrogen and oxygen atoms in total. The van der Waals surface area contributed by atoms with E-state index < -0.39 is 0 Å². The van der Waals surface area contributed by atoms with Crippen molar-refractivity contribution in [2.75, 3.05) is 7.11 Å². The van der Waals surface area contributed by atoms with Crippen LogP contribution in [0.1, 0.15) is 13.8 Å². The summed E-state index contributed by atoms with van der Waals surface area (Å²) < 4.78 is 6.12. The average molecular weight is 226 g/mol. The topological polar surface area (TPSA) is 9.23 Å². The van der Waals surface area contributed by atoms with Crippen molar-refractivity contribution in [2.45, 2.75) is 19.4 Å². The van der Waals surface area contributed by atoms with Crippen LogP contribution in [0.4, 0.5) is 0 Å². The van der Waals surface area contributed by atoms with Crippen LogP contribution in [0.3, 0.4) is 0 Å². The number of halogens is 1. The molecule has 0 radical (unpaired) electrons. The Hall–Kier alpha value is 0.430. The smallest absolute Gasteiger partial charge is 0.0921 e. The number of hydrogen-bond acceptors (Lipinski definition) is 1. The van der Waals surface area contributed by atoms with E-state index in [0.717, 1.165) is 3.58 Å². The van der Waals surface area contributed by atoms with E-state index in [4.69, 9.17) is 4.74 Å². The maximum absolute atomic E-state index is 5.09. The van der Waals surface area contributed by atoms with Gasteiger partial charge in [0.05, 0.1) is 5.60 Å². The standard InChI is InChI=1S/C6H11IO/c1-5(7)6(2,3)8-4/h1H2,2-4H3. The van der Waals surface area contributed by atoms with Gasteiger partial charge in [-0.25, -0.2) is 0 Å². The summed E-state index contributed by atoms with van der Waals surface area (Å²) in [5, 5.41) is 0. The van der Waals surface area contributed by atoms with Gasteiger partial charge in [0.25, 0.3) is 0 Å². The Balaban J connectivity index is 3.91. The number of rotatable bonds is 2. The van der Waals surface area contributed by atoms with E-state index in [2.05, 4.69) is 29.2 Å². The lowest BCUT2D eigenvalue weighted by atomic mass is 10.1. The Bertz CT molecular complexity index is 96.7. The molecule has 0 bridgehead atoms. The van der Waals surface area contributed by atoms with Gasteiger partial charge in [-0.05, 0) is 36.4 Å². The van der Waals surface area contributed by atoms with Crippen molar-refractivity contribution in [3.63, 3.8) is 0 Å². The second-order valence-electron chi connectivity index (χ2n) is 2.12. The van der Waals surface area contributed by atoms with Gasteiger partial charge in [0.1, 0.15) is 0 Å². The summed E-state index contributed by atoms with van der Waals surface area (Å²) in [5.41, 5.74) is -0.166. The predicted molar refractivity (Wildman–Crippen MR) is 44.2 cm³/mol. The van der Waals surface area contributed by atoms with E-state index in [1.807, 2.05) is 13.8 Å². The third kappa shape index (κ3) is 2.13. The molecule has 0 aromatic carbocycles. The highest BCUT2D eigenvalue weighted by Crippen LogP contribution is 2.22. The van der Waals surface area contributed by atoms with Crippen LogP contribution in [0, 0.1) is 0 Å². The Kier molecular flexibility index (Phi) is 2.98. The molecule has 0 rings (SSSR count). The second kappa shape index (κ2) is 2.82. The van der Waals surface area contributed by atoms with Crippen LogP contribution >= 0.6 is 22.6 Å². The molecule has 0 aromatic rings. The Labute approximate surface area is 64.2 Å². The Morgan fingerprint density at radius 2 is 2.00 bits per heavy atom. The normalized spacial score (nSPS) is 11.5. The first-order chi connectivity index (χ1) is 3.50. The molecule has 0 aliphatic heterocycles. The molecule has 0 amide bonds. The van der Waals surface area contributed by atoms with Crippen LogP contribution in [0.15, 0.2) is 10.2 Å². The van der Waals surface area contributed by atoms with Crippen LogP contribution in [0.25, 0.3) is 0 Å². The molecular formula is C6H11IO. The molecule has 0 heterocycles. The van der Waals surface area contributed by atoms with Gasteiger partial charge in [-0.1, -0.05) is 6.58 Å². The highest BCUT2D eigenvalue weighted by Gasteiger charge is 2.17. The van der Waals surface area contributed by atoms with Crippen LogP contribution in [-0.4, -0.2) is 12.7 Å². The minimum absolute atomic E-state index is 0.166. The average Bonchev–Trinajstić information content (AvgIpc) is 1.67. The molecular weight excluding hydrogens is 215 g/mol. The monoisotopic (exact) mass is 226 g/mol. The highest BCUT2D eigenvalue weighted by atomic mass is 127. The van der Waals surface area contributed by atoms with E-state index in [0.29, 0.717) is 0 Å². The molecule has 0 fully saturated rings. The Morgan fingerprint density at radius 1 is 1.62 bits per heavy atom.